The van der Waals surface area contributed by atoms with Gasteiger partial charge in [-0.05, 0) is 56.7 Å². The molecule has 3 aromatic heterocycles. The van der Waals surface area contributed by atoms with Gasteiger partial charge in [-0.15, -0.1) is 34.0 Å². The number of hydrogen-bond donors (Lipinski definition) is 1. The number of hydrogen-bond acceptors (Lipinski definition) is 8. The molecule has 0 atom stereocenters. The van der Waals surface area contributed by atoms with Crippen molar-refractivity contribution in [2.45, 2.75) is 39.5 Å². The molecule has 3 heterocycles. The Bertz CT molecular complexity index is 1770. The normalized spacial score (nSPS) is 11.2. The molecule has 3 aromatic carbocycles. The molecule has 0 amide bonds. The number of aryl methyl sites for hydroxylation is 2. The second-order valence-corrected chi connectivity index (χ2v) is 14.1. The summed E-state index contributed by atoms with van der Waals surface area (Å²) in [7, 11) is 0. The second kappa shape index (κ2) is 14.0. The number of nitrogens with zero attached hydrogens (tertiary/aromatic N) is 3. The third-order valence-electron chi connectivity index (χ3n) is 7.12. The zero-order chi connectivity index (χ0) is 29.6. The van der Waals surface area contributed by atoms with Gasteiger partial charge in [0, 0.05) is 26.4 Å². The Hall–Kier alpha value is -3.30. The lowest BCUT2D eigenvalue weighted by Gasteiger charge is -2.06. The smallest absolute Gasteiger partial charge is 0.124 e. The molecule has 4 nitrogen and oxygen atoms in total. The molecule has 0 radical (unpaired) electrons. The molecule has 0 aliphatic rings. The number of ether oxygens (including phenoxy) is 1. The molecule has 218 valence electrons. The first-order valence-corrected chi connectivity index (χ1v) is 17.6. The van der Waals surface area contributed by atoms with E-state index in [-0.39, 0.29) is 0 Å². The standard InChI is InChI=1S/C35H33N3OS4/c1-23-29(36-33(41-23)25-13-7-5-8-14-25)31-32(43-35(38-31)26-15-9-6-10-16-26)30-24(2)42-34(37-30)27-17-19-28(20-18-27)39-21-11-3-4-12-22-40/h5-10,13-20,40H,3-4,11-12,21-22H2,1-2H3. The summed E-state index contributed by atoms with van der Waals surface area (Å²) in [5.41, 5.74) is 6.11. The Morgan fingerprint density at radius 1 is 0.558 bits per heavy atom. The minimum atomic E-state index is 0.742. The van der Waals surface area contributed by atoms with Gasteiger partial charge in [-0.1, -0.05) is 73.5 Å². The first-order valence-electron chi connectivity index (χ1n) is 14.5. The van der Waals surface area contributed by atoms with Crippen LogP contribution in [0.5, 0.6) is 5.75 Å². The maximum atomic E-state index is 5.98. The van der Waals surface area contributed by atoms with Gasteiger partial charge in [0.25, 0.3) is 0 Å². The highest BCUT2D eigenvalue weighted by Gasteiger charge is 2.24. The summed E-state index contributed by atoms with van der Waals surface area (Å²) >= 11 is 9.40. The van der Waals surface area contributed by atoms with Crippen molar-refractivity contribution in [3.05, 3.63) is 94.7 Å². The number of thiol groups is 1. The van der Waals surface area contributed by atoms with E-state index in [1.807, 2.05) is 12.1 Å². The van der Waals surface area contributed by atoms with Crippen molar-refractivity contribution in [1.29, 1.82) is 0 Å². The van der Waals surface area contributed by atoms with E-state index in [0.717, 1.165) is 88.0 Å². The maximum absolute atomic E-state index is 5.98. The predicted octanol–water partition coefficient (Wildman–Crippen LogP) is 10.9. The maximum Gasteiger partial charge on any atom is 0.124 e. The molecule has 0 fully saturated rings. The average Bonchev–Trinajstić information content (AvgIpc) is 3.76. The quantitative estimate of drug-likeness (QED) is 0.107. The number of benzene rings is 3. The van der Waals surface area contributed by atoms with Crippen LogP contribution in [0.3, 0.4) is 0 Å². The molecule has 6 rings (SSSR count). The van der Waals surface area contributed by atoms with Crippen molar-refractivity contribution in [2.24, 2.45) is 0 Å². The number of aromatic nitrogens is 3. The fraction of sp³-hybridized carbons (Fsp3) is 0.229. The van der Waals surface area contributed by atoms with Crippen LogP contribution in [0.2, 0.25) is 0 Å². The van der Waals surface area contributed by atoms with E-state index in [4.69, 9.17) is 19.7 Å². The van der Waals surface area contributed by atoms with Gasteiger partial charge in [0.2, 0.25) is 0 Å². The van der Waals surface area contributed by atoms with Crippen LogP contribution in [0, 0.1) is 13.8 Å². The lowest BCUT2D eigenvalue weighted by atomic mass is 10.2. The Kier molecular flexibility index (Phi) is 9.68. The highest BCUT2D eigenvalue weighted by atomic mass is 32.1. The van der Waals surface area contributed by atoms with Crippen molar-refractivity contribution >= 4 is 46.6 Å². The summed E-state index contributed by atoms with van der Waals surface area (Å²) in [6.07, 6.45) is 4.63. The van der Waals surface area contributed by atoms with E-state index in [2.05, 4.69) is 99.3 Å². The summed E-state index contributed by atoms with van der Waals surface area (Å²) in [4.78, 5) is 18.9. The molecule has 0 N–H and O–H groups in total. The van der Waals surface area contributed by atoms with Crippen molar-refractivity contribution < 1.29 is 4.74 Å². The van der Waals surface area contributed by atoms with Crippen LogP contribution in [0.25, 0.3) is 53.7 Å². The lowest BCUT2D eigenvalue weighted by molar-refractivity contribution is 0.305. The molecule has 0 saturated carbocycles. The molecule has 43 heavy (non-hydrogen) atoms. The van der Waals surface area contributed by atoms with Gasteiger partial charge in [-0.3, -0.25) is 0 Å². The van der Waals surface area contributed by atoms with Gasteiger partial charge in [0.1, 0.15) is 32.2 Å². The van der Waals surface area contributed by atoms with Gasteiger partial charge >= 0.3 is 0 Å². The molecule has 0 saturated heterocycles. The first kappa shape index (κ1) is 29.8. The van der Waals surface area contributed by atoms with Crippen LogP contribution in [-0.4, -0.2) is 27.3 Å². The van der Waals surface area contributed by atoms with Gasteiger partial charge in [-0.25, -0.2) is 15.0 Å². The third-order valence-corrected chi connectivity index (χ3v) is 10.6. The predicted molar refractivity (Wildman–Crippen MR) is 188 cm³/mol. The van der Waals surface area contributed by atoms with Gasteiger partial charge in [-0.2, -0.15) is 12.6 Å². The van der Waals surface area contributed by atoms with E-state index >= 15 is 0 Å². The molecule has 6 aromatic rings. The summed E-state index contributed by atoms with van der Waals surface area (Å²) < 4.78 is 5.98. The Labute approximate surface area is 270 Å². The molecule has 0 unspecified atom stereocenters. The minimum absolute atomic E-state index is 0.742. The molecule has 0 spiro atoms. The molecule has 0 aliphatic carbocycles. The topological polar surface area (TPSA) is 47.9 Å². The van der Waals surface area contributed by atoms with Crippen LogP contribution in [0.4, 0.5) is 0 Å². The minimum Gasteiger partial charge on any atom is -0.494 e. The zero-order valence-electron chi connectivity index (χ0n) is 24.2. The van der Waals surface area contributed by atoms with Crippen LogP contribution >= 0.6 is 46.6 Å². The molecular weight excluding hydrogens is 607 g/mol. The van der Waals surface area contributed by atoms with Gasteiger partial charge in [0.05, 0.1) is 17.2 Å². The molecular formula is C35H33N3OS4. The van der Waals surface area contributed by atoms with Crippen LogP contribution in [0.15, 0.2) is 84.9 Å². The summed E-state index contributed by atoms with van der Waals surface area (Å²) in [5.74, 6) is 1.86. The van der Waals surface area contributed by atoms with Crippen molar-refractivity contribution in [3.63, 3.8) is 0 Å². The van der Waals surface area contributed by atoms with E-state index in [0.29, 0.717) is 0 Å². The summed E-state index contributed by atoms with van der Waals surface area (Å²) in [6.45, 7) is 5.03. The van der Waals surface area contributed by atoms with Gasteiger partial charge in [0.15, 0.2) is 0 Å². The van der Waals surface area contributed by atoms with Crippen molar-refractivity contribution in [2.75, 3.05) is 12.4 Å². The van der Waals surface area contributed by atoms with Crippen molar-refractivity contribution in [3.8, 4) is 59.4 Å². The molecule has 0 aliphatic heterocycles. The molecule has 8 heteroatoms. The second-order valence-electron chi connectivity index (χ2n) is 10.3. The summed E-state index contributed by atoms with van der Waals surface area (Å²) in [5, 5.41) is 2.97. The number of thiazole rings is 3. The highest BCUT2D eigenvalue weighted by Crippen LogP contribution is 2.45. The van der Waals surface area contributed by atoms with Crippen LogP contribution < -0.4 is 4.74 Å². The molecule has 0 bridgehead atoms. The average molecular weight is 640 g/mol. The fourth-order valence-electron chi connectivity index (χ4n) is 4.85. The fourth-order valence-corrected chi connectivity index (χ4v) is 8.10. The van der Waals surface area contributed by atoms with E-state index < -0.39 is 0 Å². The number of rotatable bonds is 12. The monoisotopic (exact) mass is 639 g/mol. The van der Waals surface area contributed by atoms with Crippen molar-refractivity contribution in [1.82, 2.24) is 15.0 Å². The highest BCUT2D eigenvalue weighted by molar-refractivity contribution is 7.80. The largest absolute Gasteiger partial charge is 0.494 e. The Balaban J connectivity index is 1.31. The third kappa shape index (κ3) is 6.93. The zero-order valence-corrected chi connectivity index (χ0v) is 27.6. The first-order chi connectivity index (χ1) is 21.1. The van der Waals surface area contributed by atoms with Crippen LogP contribution in [-0.2, 0) is 0 Å². The number of unbranched alkanes of at least 4 members (excludes halogenated alkanes) is 3. The lowest BCUT2D eigenvalue weighted by Crippen LogP contribution is -1.97. The van der Waals surface area contributed by atoms with E-state index in [1.54, 1.807) is 34.0 Å². The Morgan fingerprint density at radius 3 is 1.70 bits per heavy atom. The summed E-state index contributed by atoms with van der Waals surface area (Å²) in [6, 6.07) is 29.1. The van der Waals surface area contributed by atoms with Gasteiger partial charge < -0.3 is 4.74 Å². The Morgan fingerprint density at radius 2 is 1.07 bits per heavy atom. The SMILES string of the molecule is Cc1sc(-c2ccccc2)nc1-c1nc(-c2ccccc2)sc1-c1nc(-c2ccc(OCCCCCCS)cc2)sc1C. The van der Waals surface area contributed by atoms with E-state index in [9.17, 15) is 0 Å². The van der Waals surface area contributed by atoms with E-state index in [1.165, 1.54) is 19.3 Å². The van der Waals surface area contributed by atoms with Crippen LogP contribution in [0.1, 0.15) is 35.4 Å².